The molecule has 0 radical (unpaired) electrons. The Morgan fingerprint density at radius 1 is 1.12 bits per heavy atom. The Labute approximate surface area is 108 Å². The zero-order chi connectivity index (χ0) is 12.6. The normalized spacial score (nSPS) is 11.8. The number of halogens is 5. The quantitative estimate of drug-likeness (QED) is 0.723. The van der Waals surface area contributed by atoms with Crippen LogP contribution in [0.5, 0.6) is 0 Å². The first-order chi connectivity index (χ1) is 7.86. The molecule has 0 fully saturated rings. The summed E-state index contributed by atoms with van der Waals surface area (Å²) in [6.45, 7) is 0. The van der Waals surface area contributed by atoms with Gasteiger partial charge in [-0.05, 0) is 29.8 Å². The maximum absolute atomic E-state index is 12.5. The molecule has 0 aliphatic heterocycles. The van der Waals surface area contributed by atoms with Gasteiger partial charge in [-0.2, -0.15) is 13.2 Å². The van der Waals surface area contributed by atoms with Gasteiger partial charge >= 0.3 is 6.18 Å². The van der Waals surface area contributed by atoms with Crippen LogP contribution >= 0.6 is 34.5 Å². The first kappa shape index (κ1) is 12.6. The van der Waals surface area contributed by atoms with E-state index in [-0.39, 0.29) is 5.69 Å². The summed E-state index contributed by atoms with van der Waals surface area (Å²) in [6.07, 6.45) is -4.55. The summed E-state index contributed by atoms with van der Waals surface area (Å²) >= 11 is 12.3. The summed E-state index contributed by atoms with van der Waals surface area (Å²) in [5.41, 5.74) is -0.966. The standard InChI is InChI=1S/C9H3Cl2F3N2S/c10-7-2-1-5(17-7)4-3-6(9(12,13)14)16-8(11)15-4/h1-3H. The first-order valence-corrected chi connectivity index (χ1v) is 5.81. The van der Waals surface area contributed by atoms with Crippen molar-refractivity contribution in [3.05, 3.63) is 33.5 Å². The van der Waals surface area contributed by atoms with Crippen LogP contribution in [0.4, 0.5) is 13.2 Å². The Hall–Kier alpha value is -0.850. The van der Waals surface area contributed by atoms with Crippen LogP contribution in [0, 0.1) is 0 Å². The number of nitrogens with zero attached hydrogens (tertiary/aromatic N) is 2. The monoisotopic (exact) mass is 298 g/mol. The van der Waals surface area contributed by atoms with Crippen LogP contribution in [-0.2, 0) is 6.18 Å². The summed E-state index contributed by atoms with van der Waals surface area (Å²) in [4.78, 5) is 7.38. The van der Waals surface area contributed by atoms with Gasteiger partial charge in [0, 0.05) is 0 Å². The number of rotatable bonds is 1. The van der Waals surface area contributed by atoms with Crippen molar-refractivity contribution < 1.29 is 13.2 Å². The van der Waals surface area contributed by atoms with Crippen LogP contribution in [0.2, 0.25) is 9.62 Å². The molecule has 0 aliphatic carbocycles. The largest absolute Gasteiger partial charge is 0.433 e. The summed E-state index contributed by atoms with van der Waals surface area (Å²) in [5.74, 6) is 0. The van der Waals surface area contributed by atoms with Crippen LogP contribution in [-0.4, -0.2) is 9.97 Å². The lowest BCUT2D eigenvalue weighted by Gasteiger charge is -2.06. The Morgan fingerprint density at radius 2 is 1.82 bits per heavy atom. The molecule has 0 saturated carbocycles. The van der Waals surface area contributed by atoms with Gasteiger partial charge in [0.2, 0.25) is 5.28 Å². The molecule has 17 heavy (non-hydrogen) atoms. The van der Waals surface area contributed by atoms with E-state index >= 15 is 0 Å². The van der Waals surface area contributed by atoms with E-state index in [2.05, 4.69) is 9.97 Å². The summed E-state index contributed by atoms with van der Waals surface area (Å²) in [7, 11) is 0. The molecule has 2 aromatic heterocycles. The fraction of sp³-hybridized carbons (Fsp3) is 0.111. The van der Waals surface area contributed by atoms with E-state index in [0.717, 1.165) is 17.4 Å². The minimum atomic E-state index is -4.55. The van der Waals surface area contributed by atoms with Crippen molar-refractivity contribution in [2.24, 2.45) is 0 Å². The minimum absolute atomic E-state index is 0.106. The van der Waals surface area contributed by atoms with Crippen LogP contribution in [0.25, 0.3) is 10.6 Å². The molecule has 0 unspecified atom stereocenters. The summed E-state index contributed by atoms with van der Waals surface area (Å²) in [5, 5.41) is -0.445. The molecule has 8 heteroatoms. The van der Waals surface area contributed by atoms with Crippen molar-refractivity contribution in [2.45, 2.75) is 6.18 Å². The van der Waals surface area contributed by atoms with Crippen molar-refractivity contribution in [3.63, 3.8) is 0 Å². The van der Waals surface area contributed by atoms with Gasteiger partial charge in [-0.25, -0.2) is 9.97 Å². The van der Waals surface area contributed by atoms with Gasteiger partial charge in [-0.1, -0.05) is 11.6 Å². The molecule has 0 aliphatic rings. The van der Waals surface area contributed by atoms with Gasteiger partial charge in [0.1, 0.15) is 5.69 Å². The molecule has 0 bridgehead atoms. The maximum atomic E-state index is 12.5. The molecule has 2 nitrogen and oxygen atoms in total. The highest BCUT2D eigenvalue weighted by atomic mass is 35.5. The number of alkyl halides is 3. The first-order valence-electron chi connectivity index (χ1n) is 4.24. The van der Waals surface area contributed by atoms with Gasteiger partial charge in [0.15, 0.2) is 0 Å². The lowest BCUT2D eigenvalue weighted by Crippen LogP contribution is -2.09. The topological polar surface area (TPSA) is 25.8 Å². The Kier molecular flexibility index (Phi) is 3.29. The lowest BCUT2D eigenvalue weighted by molar-refractivity contribution is -0.141. The number of thiophene rings is 1. The van der Waals surface area contributed by atoms with E-state index in [1.54, 1.807) is 12.1 Å². The third kappa shape index (κ3) is 2.88. The van der Waals surface area contributed by atoms with Crippen LogP contribution in [0.3, 0.4) is 0 Å². The van der Waals surface area contributed by atoms with Crippen LogP contribution < -0.4 is 0 Å². The lowest BCUT2D eigenvalue weighted by atomic mass is 10.3. The van der Waals surface area contributed by atoms with Gasteiger partial charge in [0.05, 0.1) is 14.9 Å². The molecule has 2 rings (SSSR count). The molecule has 2 heterocycles. The highest BCUT2D eigenvalue weighted by molar-refractivity contribution is 7.19. The predicted molar refractivity (Wildman–Crippen MR) is 60.4 cm³/mol. The molecular formula is C9H3Cl2F3N2S. The van der Waals surface area contributed by atoms with Crippen molar-refractivity contribution in [2.75, 3.05) is 0 Å². The molecule has 0 saturated heterocycles. The number of hydrogen-bond donors (Lipinski definition) is 0. The summed E-state index contributed by atoms with van der Waals surface area (Å²) < 4.78 is 38.0. The SMILES string of the molecule is FC(F)(F)c1cc(-c2ccc(Cl)s2)nc(Cl)n1. The zero-order valence-corrected chi connectivity index (χ0v) is 10.3. The molecule has 90 valence electrons. The Bertz CT molecular complexity index is 553. The van der Waals surface area contributed by atoms with Crippen molar-refractivity contribution >= 4 is 34.5 Å². The fourth-order valence-electron chi connectivity index (χ4n) is 1.14. The Balaban J connectivity index is 2.52. The average Bonchev–Trinajstić information content (AvgIpc) is 2.62. The second-order valence-electron chi connectivity index (χ2n) is 3.01. The number of hydrogen-bond acceptors (Lipinski definition) is 3. The molecule has 0 atom stereocenters. The van der Waals surface area contributed by atoms with Crippen molar-refractivity contribution in [3.8, 4) is 10.6 Å². The third-order valence-corrected chi connectivity index (χ3v) is 3.24. The van der Waals surface area contributed by atoms with E-state index in [4.69, 9.17) is 23.2 Å². The molecule has 2 aromatic rings. The van der Waals surface area contributed by atoms with Crippen molar-refractivity contribution in [1.82, 2.24) is 9.97 Å². The molecule has 0 amide bonds. The van der Waals surface area contributed by atoms with E-state index in [1.165, 1.54) is 0 Å². The van der Waals surface area contributed by atoms with Gasteiger partial charge in [-0.15, -0.1) is 11.3 Å². The third-order valence-electron chi connectivity index (χ3n) is 1.81. The van der Waals surface area contributed by atoms with Gasteiger partial charge < -0.3 is 0 Å². The second-order valence-corrected chi connectivity index (χ2v) is 5.06. The second kappa shape index (κ2) is 4.44. The molecular weight excluding hydrogens is 296 g/mol. The zero-order valence-electron chi connectivity index (χ0n) is 7.92. The molecule has 0 aromatic carbocycles. The fourth-order valence-corrected chi connectivity index (χ4v) is 2.33. The van der Waals surface area contributed by atoms with E-state index < -0.39 is 17.2 Å². The summed E-state index contributed by atoms with van der Waals surface area (Å²) in [6, 6.07) is 3.99. The average molecular weight is 299 g/mol. The van der Waals surface area contributed by atoms with Crippen molar-refractivity contribution in [1.29, 1.82) is 0 Å². The van der Waals surface area contributed by atoms with E-state index in [0.29, 0.717) is 9.21 Å². The van der Waals surface area contributed by atoms with Gasteiger partial charge in [0.25, 0.3) is 0 Å². The Morgan fingerprint density at radius 3 is 2.35 bits per heavy atom. The van der Waals surface area contributed by atoms with E-state index in [9.17, 15) is 13.2 Å². The number of aromatic nitrogens is 2. The smallest absolute Gasteiger partial charge is 0.217 e. The minimum Gasteiger partial charge on any atom is -0.217 e. The van der Waals surface area contributed by atoms with E-state index in [1.807, 2.05) is 0 Å². The highest BCUT2D eigenvalue weighted by Gasteiger charge is 2.33. The molecule has 0 spiro atoms. The van der Waals surface area contributed by atoms with Crippen LogP contribution in [0.15, 0.2) is 18.2 Å². The predicted octanol–water partition coefficient (Wildman–Crippen LogP) is 4.53. The highest BCUT2D eigenvalue weighted by Crippen LogP contribution is 2.34. The van der Waals surface area contributed by atoms with Gasteiger partial charge in [-0.3, -0.25) is 0 Å². The van der Waals surface area contributed by atoms with Crippen LogP contribution in [0.1, 0.15) is 5.69 Å². The molecule has 0 N–H and O–H groups in total. The maximum Gasteiger partial charge on any atom is 0.433 e.